The van der Waals surface area contributed by atoms with Gasteiger partial charge in [0.25, 0.3) is 0 Å². The van der Waals surface area contributed by atoms with E-state index in [1.165, 1.54) is 19.3 Å². The summed E-state index contributed by atoms with van der Waals surface area (Å²) in [6.07, 6.45) is 3.72. The average Bonchev–Trinajstić information content (AvgIpc) is 2.75. The molecule has 84 valence electrons. The molecule has 1 heterocycles. The van der Waals surface area contributed by atoms with Crippen molar-refractivity contribution < 1.29 is 4.42 Å². The van der Waals surface area contributed by atoms with Gasteiger partial charge in [-0.25, -0.2) is 0 Å². The molecule has 5 nitrogen and oxygen atoms in total. The third-order valence-electron chi connectivity index (χ3n) is 2.72. The smallest absolute Gasteiger partial charge is 0.315 e. The number of hydrogen-bond acceptors (Lipinski definition) is 5. The molecular formula is C10H18N4O. The van der Waals surface area contributed by atoms with E-state index in [4.69, 9.17) is 10.2 Å². The molecule has 15 heavy (non-hydrogen) atoms. The van der Waals surface area contributed by atoms with E-state index in [-0.39, 0.29) is 6.04 Å². The highest BCUT2D eigenvalue weighted by molar-refractivity contribution is 5.24. The van der Waals surface area contributed by atoms with Gasteiger partial charge in [-0.2, -0.15) is 0 Å². The second-order valence-corrected chi connectivity index (χ2v) is 4.27. The van der Waals surface area contributed by atoms with Crippen LogP contribution in [-0.4, -0.2) is 16.2 Å². The van der Waals surface area contributed by atoms with Crippen LogP contribution in [0.2, 0.25) is 0 Å². The van der Waals surface area contributed by atoms with E-state index in [1.54, 1.807) is 0 Å². The van der Waals surface area contributed by atoms with Crippen LogP contribution in [0.3, 0.4) is 0 Å². The second kappa shape index (κ2) is 4.18. The van der Waals surface area contributed by atoms with E-state index in [0.717, 1.165) is 5.92 Å². The fourth-order valence-electron chi connectivity index (χ4n) is 1.75. The number of nitrogens with zero attached hydrogens (tertiary/aromatic N) is 2. The Hall–Kier alpha value is -1.10. The molecule has 1 aromatic heterocycles. The minimum atomic E-state index is -0.196. The first-order valence-electron chi connectivity index (χ1n) is 5.56. The van der Waals surface area contributed by atoms with Crippen LogP contribution in [0.15, 0.2) is 4.42 Å². The highest BCUT2D eigenvalue weighted by Gasteiger charge is 2.37. The molecule has 2 rings (SSSR count). The lowest BCUT2D eigenvalue weighted by atomic mass is 10.2. The molecule has 3 atom stereocenters. The molecule has 0 aliphatic heterocycles. The minimum absolute atomic E-state index is 0.196. The Balaban J connectivity index is 1.84. The van der Waals surface area contributed by atoms with Gasteiger partial charge in [-0.15, -0.1) is 5.10 Å². The van der Waals surface area contributed by atoms with Crippen molar-refractivity contribution in [3.8, 4) is 0 Å². The lowest BCUT2D eigenvalue weighted by Gasteiger charge is -1.99. The first kappa shape index (κ1) is 10.4. The van der Waals surface area contributed by atoms with Crippen molar-refractivity contribution in [2.24, 2.45) is 11.7 Å². The fourth-order valence-corrected chi connectivity index (χ4v) is 1.75. The third kappa shape index (κ3) is 2.47. The van der Waals surface area contributed by atoms with Crippen LogP contribution in [-0.2, 0) is 0 Å². The van der Waals surface area contributed by atoms with Crippen LogP contribution in [0.1, 0.15) is 45.0 Å². The molecule has 0 amide bonds. The molecule has 1 fully saturated rings. The molecule has 0 spiro atoms. The molecule has 0 bridgehead atoms. The summed E-state index contributed by atoms with van der Waals surface area (Å²) in [6, 6.07) is 0.830. The van der Waals surface area contributed by atoms with E-state index in [1.807, 2.05) is 6.92 Å². The van der Waals surface area contributed by atoms with Gasteiger partial charge in [-0.05, 0) is 25.7 Å². The zero-order valence-electron chi connectivity index (χ0n) is 9.23. The number of aromatic nitrogens is 2. The van der Waals surface area contributed by atoms with Crippen molar-refractivity contribution in [1.82, 2.24) is 10.2 Å². The topological polar surface area (TPSA) is 77.0 Å². The van der Waals surface area contributed by atoms with Crippen molar-refractivity contribution in [2.75, 3.05) is 5.32 Å². The van der Waals surface area contributed by atoms with Crippen molar-refractivity contribution in [3.63, 3.8) is 0 Å². The Morgan fingerprint density at radius 3 is 3.00 bits per heavy atom. The molecule has 1 aliphatic rings. The first-order valence-corrected chi connectivity index (χ1v) is 5.56. The zero-order chi connectivity index (χ0) is 10.8. The molecule has 5 heteroatoms. The van der Waals surface area contributed by atoms with Gasteiger partial charge in [0, 0.05) is 6.04 Å². The van der Waals surface area contributed by atoms with E-state index >= 15 is 0 Å². The summed E-state index contributed by atoms with van der Waals surface area (Å²) < 4.78 is 5.36. The van der Waals surface area contributed by atoms with Crippen LogP contribution in [0.5, 0.6) is 0 Å². The maximum Gasteiger partial charge on any atom is 0.315 e. The van der Waals surface area contributed by atoms with E-state index in [2.05, 4.69) is 22.4 Å². The molecular weight excluding hydrogens is 192 g/mol. The summed E-state index contributed by atoms with van der Waals surface area (Å²) in [5.41, 5.74) is 5.62. The molecule has 1 aliphatic carbocycles. The van der Waals surface area contributed by atoms with Gasteiger partial charge in [0.2, 0.25) is 5.89 Å². The molecule has 1 saturated carbocycles. The van der Waals surface area contributed by atoms with Crippen molar-refractivity contribution in [2.45, 2.75) is 45.2 Å². The Bertz CT molecular complexity index is 323. The summed E-state index contributed by atoms with van der Waals surface area (Å²) >= 11 is 0. The molecule has 0 saturated heterocycles. The van der Waals surface area contributed by atoms with Crippen LogP contribution in [0.25, 0.3) is 0 Å². The number of nitrogens with two attached hydrogens (primary N) is 1. The number of rotatable bonds is 5. The van der Waals surface area contributed by atoms with Gasteiger partial charge in [0.05, 0.1) is 6.04 Å². The SMILES string of the molecule is CCCC1CC1Nc1nnc(C(C)N)o1. The average molecular weight is 210 g/mol. The largest absolute Gasteiger partial charge is 0.406 e. The summed E-state index contributed by atoms with van der Waals surface area (Å²) in [6.45, 7) is 4.03. The quantitative estimate of drug-likeness (QED) is 0.773. The van der Waals surface area contributed by atoms with Gasteiger partial charge in [0.15, 0.2) is 0 Å². The standard InChI is InChI=1S/C10H18N4O/c1-3-4-7-5-8(7)12-10-14-13-9(15-10)6(2)11/h6-8H,3-5,11H2,1-2H3,(H,12,14). The molecule has 0 aromatic carbocycles. The molecule has 0 radical (unpaired) electrons. The minimum Gasteiger partial charge on any atom is -0.406 e. The maximum absolute atomic E-state index is 5.62. The van der Waals surface area contributed by atoms with Gasteiger partial charge < -0.3 is 15.5 Å². The number of hydrogen-bond donors (Lipinski definition) is 2. The summed E-state index contributed by atoms with van der Waals surface area (Å²) in [4.78, 5) is 0. The summed E-state index contributed by atoms with van der Waals surface area (Å²) in [5.74, 6) is 1.27. The van der Waals surface area contributed by atoms with Crippen molar-refractivity contribution >= 4 is 6.01 Å². The molecule has 1 aromatic rings. The monoisotopic (exact) mass is 210 g/mol. The normalized spacial score (nSPS) is 26.3. The highest BCUT2D eigenvalue weighted by Crippen LogP contribution is 2.36. The zero-order valence-corrected chi connectivity index (χ0v) is 9.23. The number of anilines is 1. The van der Waals surface area contributed by atoms with Gasteiger partial charge >= 0.3 is 6.01 Å². The highest BCUT2D eigenvalue weighted by atomic mass is 16.4. The number of nitrogens with one attached hydrogen (secondary N) is 1. The molecule has 3 unspecified atom stereocenters. The summed E-state index contributed by atoms with van der Waals surface area (Å²) in [7, 11) is 0. The molecule has 3 N–H and O–H groups in total. The van der Waals surface area contributed by atoms with E-state index in [0.29, 0.717) is 17.9 Å². The van der Waals surface area contributed by atoms with Crippen LogP contribution < -0.4 is 11.1 Å². The predicted molar refractivity (Wildman–Crippen MR) is 57.3 cm³/mol. The Labute approximate surface area is 89.4 Å². The van der Waals surface area contributed by atoms with Crippen LogP contribution in [0.4, 0.5) is 6.01 Å². The fraction of sp³-hybridized carbons (Fsp3) is 0.800. The predicted octanol–water partition coefficient (Wildman–Crippen LogP) is 1.69. The van der Waals surface area contributed by atoms with Crippen molar-refractivity contribution in [3.05, 3.63) is 5.89 Å². The van der Waals surface area contributed by atoms with Crippen molar-refractivity contribution in [1.29, 1.82) is 0 Å². The van der Waals surface area contributed by atoms with E-state index in [9.17, 15) is 0 Å². The Morgan fingerprint density at radius 1 is 1.60 bits per heavy atom. The lowest BCUT2D eigenvalue weighted by Crippen LogP contribution is -2.05. The second-order valence-electron chi connectivity index (χ2n) is 4.27. The first-order chi connectivity index (χ1) is 7.20. The van der Waals surface area contributed by atoms with Gasteiger partial charge in [-0.3, -0.25) is 0 Å². The van der Waals surface area contributed by atoms with Gasteiger partial charge in [-0.1, -0.05) is 18.4 Å². The summed E-state index contributed by atoms with van der Waals surface area (Å²) in [5, 5.41) is 11.0. The van der Waals surface area contributed by atoms with Gasteiger partial charge in [0.1, 0.15) is 0 Å². The third-order valence-corrected chi connectivity index (χ3v) is 2.72. The van der Waals surface area contributed by atoms with E-state index < -0.39 is 0 Å². The maximum atomic E-state index is 5.62. The lowest BCUT2D eigenvalue weighted by molar-refractivity contribution is 0.471. The van der Waals surface area contributed by atoms with Crippen LogP contribution in [0, 0.1) is 5.92 Å². The van der Waals surface area contributed by atoms with Crippen LogP contribution >= 0.6 is 0 Å². The Morgan fingerprint density at radius 2 is 2.40 bits per heavy atom. The Kier molecular flexibility index (Phi) is 2.90.